The summed E-state index contributed by atoms with van der Waals surface area (Å²) >= 11 is 0. The second-order valence-corrected chi connectivity index (χ2v) is 8.40. The van der Waals surface area contributed by atoms with Crippen LogP contribution >= 0.6 is 0 Å². The topological polar surface area (TPSA) is 49.4 Å². The van der Waals surface area contributed by atoms with Crippen molar-refractivity contribution in [2.45, 2.75) is 44.9 Å². The van der Waals surface area contributed by atoms with E-state index in [4.69, 9.17) is 0 Å². The Kier molecular flexibility index (Phi) is 5.66. The molecule has 0 aromatic carbocycles. The van der Waals surface area contributed by atoms with E-state index in [0.29, 0.717) is 24.1 Å². The van der Waals surface area contributed by atoms with E-state index in [9.17, 15) is 8.42 Å². The summed E-state index contributed by atoms with van der Waals surface area (Å²) < 4.78 is 26.4. The average Bonchev–Trinajstić information content (AvgIpc) is 2.40. The fourth-order valence-corrected chi connectivity index (χ4v) is 4.96. The molecule has 0 amide bonds. The van der Waals surface area contributed by atoms with Crippen molar-refractivity contribution < 1.29 is 8.42 Å². The molecule has 2 fully saturated rings. The molecule has 1 unspecified atom stereocenters. The minimum atomic E-state index is -3.05. The van der Waals surface area contributed by atoms with Crippen LogP contribution in [0.4, 0.5) is 0 Å². The summed E-state index contributed by atoms with van der Waals surface area (Å²) in [4.78, 5) is 0. The molecule has 0 bridgehead atoms. The number of piperidine rings is 1. The van der Waals surface area contributed by atoms with E-state index in [1.807, 2.05) is 0 Å². The minimum Gasteiger partial charge on any atom is -0.316 e. The lowest BCUT2D eigenvalue weighted by Crippen LogP contribution is -2.40. The summed E-state index contributed by atoms with van der Waals surface area (Å²) in [6, 6.07) is 0. The molecule has 1 saturated carbocycles. The smallest absolute Gasteiger partial charge is 0.214 e. The Morgan fingerprint density at radius 2 is 1.74 bits per heavy atom. The van der Waals surface area contributed by atoms with Crippen LogP contribution in [0.3, 0.4) is 0 Å². The van der Waals surface area contributed by atoms with Crippen molar-refractivity contribution in [1.82, 2.24) is 9.62 Å². The largest absolute Gasteiger partial charge is 0.316 e. The Morgan fingerprint density at radius 3 is 2.37 bits per heavy atom. The van der Waals surface area contributed by atoms with Crippen molar-refractivity contribution in [3.05, 3.63) is 0 Å². The van der Waals surface area contributed by atoms with Crippen LogP contribution in [0, 0.1) is 11.8 Å². The summed E-state index contributed by atoms with van der Waals surface area (Å²) in [5.74, 6) is 1.24. The maximum atomic E-state index is 12.4. The van der Waals surface area contributed by atoms with E-state index in [1.165, 1.54) is 25.7 Å². The maximum Gasteiger partial charge on any atom is 0.214 e. The molecule has 5 heteroatoms. The number of hydrogen-bond donors (Lipinski definition) is 1. The van der Waals surface area contributed by atoms with Crippen LogP contribution in [0.2, 0.25) is 0 Å². The molecule has 1 atom stereocenters. The van der Waals surface area contributed by atoms with Gasteiger partial charge >= 0.3 is 0 Å². The molecule has 1 heterocycles. The average molecular weight is 288 g/mol. The fourth-order valence-electron chi connectivity index (χ4n) is 3.34. The van der Waals surface area contributed by atoms with Gasteiger partial charge in [-0.25, -0.2) is 12.7 Å². The van der Waals surface area contributed by atoms with E-state index < -0.39 is 10.0 Å². The third-order valence-electron chi connectivity index (χ3n) is 4.56. The summed E-state index contributed by atoms with van der Waals surface area (Å²) in [5.41, 5.74) is 0. The lowest BCUT2D eigenvalue weighted by atomic mass is 9.91. The van der Waals surface area contributed by atoms with Gasteiger partial charge in [0.25, 0.3) is 0 Å². The highest BCUT2D eigenvalue weighted by molar-refractivity contribution is 7.89. The van der Waals surface area contributed by atoms with E-state index in [1.54, 1.807) is 11.4 Å². The third kappa shape index (κ3) is 4.72. The first-order chi connectivity index (χ1) is 9.08. The Balaban J connectivity index is 1.83. The summed E-state index contributed by atoms with van der Waals surface area (Å²) in [5, 5.41) is 3.35. The molecule has 1 aliphatic carbocycles. The molecule has 0 aromatic heterocycles. The van der Waals surface area contributed by atoms with Gasteiger partial charge in [0.2, 0.25) is 10.0 Å². The first-order valence-electron chi connectivity index (χ1n) is 7.72. The standard InChI is InChI=1S/C14H28N2O2S/c1-16(11-14-8-5-9-15-10-14)19(17,18)12-13-6-3-2-4-7-13/h13-15H,2-12H2,1H3. The van der Waals surface area contributed by atoms with Crippen LogP contribution in [-0.4, -0.2) is 45.2 Å². The van der Waals surface area contributed by atoms with Gasteiger partial charge in [-0.2, -0.15) is 0 Å². The highest BCUT2D eigenvalue weighted by Gasteiger charge is 2.27. The zero-order chi connectivity index (χ0) is 13.7. The minimum absolute atomic E-state index is 0.365. The van der Waals surface area contributed by atoms with Gasteiger partial charge in [0.1, 0.15) is 0 Å². The van der Waals surface area contributed by atoms with E-state index in [-0.39, 0.29) is 0 Å². The Morgan fingerprint density at radius 1 is 1.05 bits per heavy atom. The van der Waals surface area contributed by atoms with Crippen molar-refractivity contribution in [3.63, 3.8) is 0 Å². The second-order valence-electron chi connectivity index (χ2n) is 6.28. The Bertz CT molecular complexity index is 358. The Labute approximate surface area is 118 Å². The molecule has 112 valence electrons. The molecule has 1 saturated heterocycles. The maximum absolute atomic E-state index is 12.4. The zero-order valence-corrected chi connectivity index (χ0v) is 12.9. The highest BCUT2D eigenvalue weighted by Crippen LogP contribution is 2.26. The molecule has 1 aliphatic heterocycles. The molecule has 0 aromatic rings. The molecule has 0 spiro atoms. The predicted molar refractivity (Wildman–Crippen MR) is 78.6 cm³/mol. The lowest BCUT2D eigenvalue weighted by molar-refractivity contribution is 0.310. The summed E-state index contributed by atoms with van der Waals surface area (Å²) in [6.45, 7) is 2.72. The van der Waals surface area contributed by atoms with Crippen molar-refractivity contribution in [2.24, 2.45) is 11.8 Å². The van der Waals surface area contributed by atoms with Crippen molar-refractivity contribution >= 4 is 10.0 Å². The molecule has 19 heavy (non-hydrogen) atoms. The van der Waals surface area contributed by atoms with E-state index >= 15 is 0 Å². The number of hydrogen-bond acceptors (Lipinski definition) is 3. The Hall–Kier alpha value is -0.130. The molecule has 0 radical (unpaired) electrons. The van der Waals surface area contributed by atoms with Crippen LogP contribution in [0.5, 0.6) is 0 Å². The van der Waals surface area contributed by atoms with Crippen molar-refractivity contribution in [1.29, 1.82) is 0 Å². The molecular formula is C14H28N2O2S. The number of nitrogens with one attached hydrogen (secondary N) is 1. The highest BCUT2D eigenvalue weighted by atomic mass is 32.2. The van der Waals surface area contributed by atoms with E-state index in [0.717, 1.165) is 32.4 Å². The van der Waals surface area contributed by atoms with Gasteiger partial charge in [-0.05, 0) is 50.6 Å². The van der Waals surface area contributed by atoms with Crippen LogP contribution in [-0.2, 0) is 10.0 Å². The van der Waals surface area contributed by atoms with Gasteiger partial charge < -0.3 is 5.32 Å². The predicted octanol–water partition coefficient (Wildman–Crippen LogP) is 1.83. The van der Waals surface area contributed by atoms with Crippen molar-refractivity contribution in [2.75, 3.05) is 32.4 Å². The molecular weight excluding hydrogens is 260 g/mol. The van der Waals surface area contributed by atoms with Crippen LogP contribution in [0.25, 0.3) is 0 Å². The monoisotopic (exact) mass is 288 g/mol. The number of rotatable bonds is 5. The van der Waals surface area contributed by atoms with Gasteiger partial charge in [-0.1, -0.05) is 19.3 Å². The lowest BCUT2D eigenvalue weighted by Gasteiger charge is -2.29. The quantitative estimate of drug-likeness (QED) is 0.839. The third-order valence-corrected chi connectivity index (χ3v) is 6.55. The second kappa shape index (κ2) is 7.04. The first-order valence-corrected chi connectivity index (χ1v) is 9.33. The number of sulfonamides is 1. The molecule has 1 N–H and O–H groups in total. The van der Waals surface area contributed by atoms with Crippen molar-refractivity contribution in [3.8, 4) is 0 Å². The summed E-state index contributed by atoms with van der Waals surface area (Å²) in [7, 11) is -1.30. The fraction of sp³-hybridized carbons (Fsp3) is 1.00. The number of nitrogens with zero attached hydrogens (tertiary/aromatic N) is 1. The van der Waals surface area contributed by atoms with Gasteiger partial charge in [0.05, 0.1) is 5.75 Å². The summed E-state index contributed by atoms with van der Waals surface area (Å²) in [6.07, 6.45) is 8.20. The van der Waals surface area contributed by atoms with Gasteiger partial charge in [-0.3, -0.25) is 0 Å². The van der Waals surface area contributed by atoms with E-state index in [2.05, 4.69) is 5.32 Å². The first kappa shape index (κ1) is 15.3. The van der Waals surface area contributed by atoms with Crippen LogP contribution < -0.4 is 5.32 Å². The normalized spacial score (nSPS) is 26.7. The SMILES string of the molecule is CN(CC1CCCNC1)S(=O)(=O)CC1CCCCC1. The molecule has 4 nitrogen and oxygen atoms in total. The van der Waals surface area contributed by atoms with Gasteiger partial charge in [0, 0.05) is 13.6 Å². The molecule has 2 aliphatic rings. The molecule has 2 rings (SSSR count). The van der Waals surface area contributed by atoms with Crippen LogP contribution in [0.15, 0.2) is 0 Å². The van der Waals surface area contributed by atoms with Gasteiger partial charge in [-0.15, -0.1) is 0 Å². The van der Waals surface area contributed by atoms with Crippen LogP contribution in [0.1, 0.15) is 44.9 Å². The van der Waals surface area contributed by atoms with Gasteiger partial charge in [0.15, 0.2) is 0 Å². The zero-order valence-electron chi connectivity index (χ0n) is 12.1.